The molecular weight excluding hydrogens is 292 g/mol. The lowest BCUT2D eigenvalue weighted by Gasteiger charge is -2.08. The average molecular weight is 328 g/mol. The van der Waals surface area contributed by atoms with E-state index in [2.05, 4.69) is 19.1 Å². The van der Waals surface area contributed by atoms with Gasteiger partial charge in [-0.2, -0.15) is 0 Å². The summed E-state index contributed by atoms with van der Waals surface area (Å²) in [4.78, 5) is 11.3. The van der Waals surface area contributed by atoms with Crippen molar-refractivity contribution >= 4 is 5.97 Å². The fraction of sp³-hybridized carbons (Fsp3) is 0.842. The Labute approximate surface area is 141 Å². The van der Waals surface area contributed by atoms with Gasteiger partial charge in [0.05, 0.1) is 6.61 Å². The second kappa shape index (κ2) is 17.5. The summed E-state index contributed by atoms with van der Waals surface area (Å²) in [6, 6.07) is 0. The van der Waals surface area contributed by atoms with Crippen molar-refractivity contribution in [1.29, 1.82) is 0 Å². The minimum atomic E-state index is -0.960. The third-order valence-electron chi connectivity index (χ3n) is 3.79. The van der Waals surface area contributed by atoms with Crippen LogP contribution in [0.3, 0.4) is 0 Å². The molecule has 1 atom stereocenters. The number of carbonyl (C=O) groups excluding carboxylic acids is 1. The molecular formula is C19H36O4. The van der Waals surface area contributed by atoms with E-state index >= 15 is 0 Å². The molecule has 0 saturated heterocycles. The van der Waals surface area contributed by atoms with Gasteiger partial charge in [0.25, 0.3) is 0 Å². The summed E-state index contributed by atoms with van der Waals surface area (Å²) in [6.45, 7) is 1.75. The maximum Gasteiger partial charge on any atom is 0.305 e. The Morgan fingerprint density at radius 1 is 0.957 bits per heavy atom. The minimum Gasteiger partial charge on any atom is -0.463 e. The van der Waals surface area contributed by atoms with Gasteiger partial charge in [-0.1, -0.05) is 57.6 Å². The molecule has 0 unspecified atom stereocenters. The molecule has 0 aromatic carbocycles. The van der Waals surface area contributed by atoms with E-state index in [0.717, 1.165) is 25.7 Å². The fourth-order valence-corrected chi connectivity index (χ4v) is 2.30. The minimum absolute atomic E-state index is 0.111. The van der Waals surface area contributed by atoms with Gasteiger partial charge in [0.1, 0.15) is 12.7 Å². The highest BCUT2D eigenvalue weighted by Crippen LogP contribution is 2.09. The van der Waals surface area contributed by atoms with Crippen LogP contribution >= 0.6 is 0 Å². The van der Waals surface area contributed by atoms with Crippen LogP contribution in [-0.2, 0) is 9.53 Å². The van der Waals surface area contributed by atoms with Crippen LogP contribution in [0.25, 0.3) is 0 Å². The van der Waals surface area contributed by atoms with E-state index in [1.807, 2.05) is 0 Å². The zero-order valence-corrected chi connectivity index (χ0v) is 14.8. The van der Waals surface area contributed by atoms with Gasteiger partial charge in [0.2, 0.25) is 0 Å². The highest BCUT2D eigenvalue weighted by molar-refractivity contribution is 5.69. The standard InChI is InChI=1S/C19H36O4/c1-2-3-4-5-6-7-8-9-10-11-12-13-14-15-19(22)23-17-18(21)16-20/h7-8,18,20-21H,2-6,9-17H2,1H3/b8-7+/t18-/m0/s1. The first-order valence-corrected chi connectivity index (χ1v) is 9.30. The summed E-state index contributed by atoms with van der Waals surface area (Å²) >= 11 is 0. The van der Waals surface area contributed by atoms with E-state index in [1.54, 1.807) is 0 Å². The monoisotopic (exact) mass is 328 g/mol. The lowest BCUT2D eigenvalue weighted by molar-refractivity contribution is -0.147. The summed E-state index contributed by atoms with van der Waals surface area (Å²) in [5.41, 5.74) is 0. The van der Waals surface area contributed by atoms with Crippen molar-refractivity contribution in [3.05, 3.63) is 12.2 Å². The summed E-state index contributed by atoms with van der Waals surface area (Å²) in [7, 11) is 0. The second-order valence-electron chi connectivity index (χ2n) is 6.15. The lowest BCUT2D eigenvalue weighted by Crippen LogP contribution is -2.21. The van der Waals surface area contributed by atoms with E-state index < -0.39 is 6.10 Å². The summed E-state index contributed by atoms with van der Waals surface area (Å²) in [6.07, 6.45) is 17.2. The number of unbranched alkanes of at least 4 members (excludes halogenated alkanes) is 9. The number of hydrogen-bond donors (Lipinski definition) is 2. The molecule has 0 bridgehead atoms. The van der Waals surface area contributed by atoms with Gasteiger partial charge in [-0.15, -0.1) is 0 Å². The normalized spacial score (nSPS) is 12.7. The third kappa shape index (κ3) is 17.3. The van der Waals surface area contributed by atoms with Crippen molar-refractivity contribution in [2.45, 2.75) is 90.1 Å². The molecule has 0 aliphatic heterocycles. The van der Waals surface area contributed by atoms with Crippen molar-refractivity contribution in [3.8, 4) is 0 Å². The number of ether oxygens (including phenoxy) is 1. The number of esters is 1. The molecule has 136 valence electrons. The Bertz CT molecular complexity index is 289. The van der Waals surface area contributed by atoms with E-state index in [0.29, 0.717) is 6.42 Å². The molecule has 0 saturated carbocycles. The number of carbonyl (C=O) groups is 1. The summed E-state index contributed by atoms with van der Waals surface area (Å²) in [5, 5.41) is 17.7. The molecule has 0 aromatic heterocycles. The van der Waals surface area contributed by atoms with Crippen molar-refractivity contribution in [2.24, 2.45) is 0 Å². The first-order chi connectivity index (χ1) is 11.2. The topological polar surface area (TPSA) is 66.8 Å². The van der Waals surface area contributed by atoms with Crippen LogP contribution < -0.4 is 0 Å². The van der Waals surface area contributed by atoms with Crippen LogP contribution in [-0.4, -0.2) is 35.5 Å². The number of aliphatic hydroxyl groups is 2. The third-order valence-corrected chi connectivity index (χ3v) is 3.79. The van der Waals surface area contributed by atoms with Crippen LogP contribution in [0.4, 0.5) is 0 Å². The highest BCUT2D eigenvalue weighted by Gasteiger charge is 2.07. The SMILES string of the molecule is CCCCCC/C=C/CCCCCCCC(=O)OC[C@@H](O)CO. The molecule has 4 heteroatoms. The molecule has 23 heavy (non-hydrogen) atoms. The van der Waals surface area contributed by atoms with E-state index in [-0.39, 0.29) is 19.2 Å². The van der Waals surface area contributed by atoms with Crippen molar-refractivity contribution < 1.29 is 19.7 Å². The predicted molar refractivity (Wildman–Crippen MR) is 94.3 cm³/mol. The summed E-state index contributed by atoms with van der Waals surface area (Å²) < 4.78 is 4.84. The number of hydrogen-bond acceptors (Lipinski definition) is 4. The van der Waals surface area contributed by atoms with Gasteiger partial charge >= 0.3 is 5.97 Å². The molecule has 0 amide bonds. The Morgan fingerprint density at radius 3 is 2.13 bits per heavy atom. The van der Waals surface area contributed by atoms with Gasteiger partial charge in [0.15, 0.2) is 0 Å². The largest absolute Gasteiger partial charge is 0.463 e. The smallest absolute Gasteiger partial charge is 0.305 e. The van der Waals surface area contributed by atoms with Crippen LogP contribution in [0.2, 0.25) is 0 Å². The van der Waals surface area contributed by atoms with Gasteiger partial charge in [-0.05, 0) is 32.1 Å². The predicted octanol–water partition coefficient (Wildman–Crippen LogP) is 4.14. The van der Waals surface area contributed by atoms with Gasteiger partial charge in [-0.3, -0.25) is 4.79 Å². The molecule has 0 rings (SSSR count). The Morgan fingerprint density at radius 2 is 1.52 bits per heavy atom. The maximum atomic E-state index is 11.3. The molecule has 0 aliphatic rings. The van der Waals surface area contributed by atoms with E-state index in [4.69, 9.17) is 14.9 Å². The quantitative estimate of drug-likeness (QED) is 0.254. The van der Waals surface area contributed by atoms with Gasteiger partial charge in [-0.25, -0.2) is 0 Å². The van der Waals surface area contributed by atoms with Crippen LogP contribution in [0, 0.1) is 0 Å². The second-order valence-corrected chi connectivity index (χ2v) is 6.15. The van der Waals surface area contributed by atoms with E-state index in [1.165, 1.54) is 44.9 Å². The molecule has 0 radical (unpaired) electrons. The van der Waals surface area contributed by atoms with Crippen molar-refractivity contribution in [2.75, 3.05) is 13.2 Å². The zero-order chi connectivity index (χ0) is 17.2. The molecule has 0 heterocycles. The van der Waals surface area contributed by atoms with Crippen molar-refractivity contribution in [3.63, 3.8) is 0 Å². The fourth-order valence-electron chi connectivity index (χ4n) is 2.30. The Balaban J connectivity index is 3.24. The molecule has 4 nitrogen and oxygen atoms in total. The van der Waals surface area contributed by atoms with Gasteiger partial charge < -0.3 is 14.9 Å². The lowest BCUT2D eigenvalue weighted by atomic mass is 10.1. The number of allylic oxidation sites excluding steroid dienone is 2. The first-order valence-electron chi connectivity index (χ1n) is 9.30. The molecule has 2 N–H and O–H groups in total. The van der Waals surface area contributed by atoms with Crippen LogP contribution in [0.5, 0.6) is 0 Å². The zero-order valence-electron chi connectivity index (χ0n) is 14.8. The Kier molecular flexibility index (Phi) is 16.8. The number of aliphatic hydroxyl groups excluding tert-OH is 2. The van der Waals surface area contributed by atoms with Crippen LogP contribution in [0.15, 0.2) is 12.2 Å². The molecule has 0 fully saturated rings. The van der Waals surface area contributed by atoms with Gasteiger partial charge in [0, 0.05) is 6.42 Å². The average Bonchev–Trinajstić information content (AvgIpc) is 2.56. The Hall–Kier alpha value is -0.870. The summed E-state index contributed by atoms with van der Waals surface area (Å²) in [5.74, 6) is -0.288. The molecule has 0 aromatic rings. The van der Waals surface area contributed by atoms with E-state index in [9.17, 15) is 4.79 Å². The first kappa shape index (κ1) is 22.1. The number of rotatable bonds is 16. The maximum absolute atomic E-state index is 11.3. The van der Waals surface area contributed by atoms with Crippen molar-refractivity contribution in [1.82, 2.24) is 0 Å². The van der Waals surface area contributed by atoms with Crippen LogP contribution in [0.1, 0.15) is 84.0 Å². The molecule has 0 aliphatic carbocycles. The highest BCUT2D eigenvalue weighted by atomic mass is 16.5. The molecule has 0 spiro atoms.